The number of phenols is 1. The smallest absolute Gasteiger partial charge is 0.338 e. The fourth-order valence-corrected chi connectivity index (χ4v) is 5.48. The molecule has 0 saturated heterocycles. The van der Waals surface area contributed by atoms with Crippen LogP contribution in [0.1, 0.15) is 43.9 Å². The number of methoxy groups -OCH3 is 3. The van der Waals surface area contributed by atoms with E-state index in [0.717, 1.165) is 12.8 Å². The van der Waals surface area contributed by atoms with Crippen molar-refractivity contribution in [1.29, 1.82) is 0 Å². The highest BCUT2D eigenvalue weighted by Crippen LogP contribution is 2.36. The van der Waals surface area contributed by atoms with E-state index in [1.807, 2.05) is 6.07 Å². The lowest BCUT2D eigenvalue weighted by molar-refractivity contribution is -0.140. The van der Waals surface area contributed by atoms with Gasteiger partial charge in [0.05, 0.1) is 49.3 Å². The number of phenolic OH excluding ortho intramolecular Hbond substituents is 1. The van der Waals surface area contributed by atoms with Gasteiger partial charge in [0.25, 0.3) is 5.56 Å². The van der Waals surface area contributed by atoms with Crippen LogP contribution in [-0.4, -0.2) is 56.8 Å². The standard InChI is InChI=1S/C30H34N2O8S/c1-6-7-12-39-22-11-9-20(17-24(22)38-5)27-26(29(35)40-14-13-36-3)18(2)31-30-32(27)28(34)25(41-30)16-19-8-10-21(33)23(15-19)37-4/h8-11,15-17,27,33H,6-7,12-14H2,1-5H3. The zero-order valence-electron chi connectivity index (χ0n) is 23.8. The van der Waals surface area contributed by atoms with Crippen LogP contribution < -0.4 is 29.1 Å². The molecule has 1 aromatic heterocycles. The molecule has 0 saturated carbocycles. The second-order valence-electron chi connectivity index (χ2n) is 9.25. The summed E-state index contributed by atoms with van der Waals surface area (Å²) in [6.45, 7) is 4.64. The largest absolute Gasteiger partial charge is 0.504 e. The maximum atomic E-state index is 13.9. The van der Waals surface area contributed by atoms with Gasteiger partial charge < -0.3 is 28.8 Å². The molecule has 2 aromatic carbocycles. The topological polar surface area (TPSA) is 118 Å². The minimum absolute atomic E-state index is 0.00516. The van der Waals surface area contributed by atoms with Crippen LogP contribution in [0.25, 0.3) is 6.08 Å². The Bertz CT molecular complexity index is 1620. The van der Waals surface area contributed by atoms with E-state index in [0.29, 0.717) is 44.3 Å². The summed E-state index contributed by atoms with van der Waals surface area (Å²) in [6, 6.07) is 9.37. The van der Waals surface area contributed by atoms with Crippen molar-refractivity contribution in [3.63, 3.8) is 0 Å². The molecule has 218 valence electrons. The Balaban J connectivity index is 1.87. The van der Waals surface area contributed by atoms with Crippen LogP contribution in [0.2, 0.25) is 0 Å². The number of unbranched alkanes of at least 4 members (excludes halogenated alkanes) is 1. The predicted octanol–water partition coefficient (Wildman–Crippen LogP) is 3.33. The Morgan fingerprint density at radius 1 is 1.05 bits per heavy atom. The number of carbonyl (C=O) groups is 1. The number of aromatic hydroxyl groups is 1. The van der Waals surface area contributed by atoms with Crippen molar-refractivity contribution >= 4 is 23.4 Å². The van der Waals surface area contributed by atoms with Gasteiger partial charge in [-0.05, 0) is 54.8 Å². The van der Waals surface area contributed by atoms with Crippen molar-refractivity contribution in [1.82, 2.24) is 4.57 Å². The highest BCUT2D eigenvalue weighted by atomic mass is 32.1. The van der Waals surface area contributed by atoms with Gasteiger partial charge in [-0.3, -0.25) is 9.36 Å². The van der Waals surface area contributed by atoms with E-state index in [-0.39, 0.29) is 35.8 Å². The molecule has 0 bridgehead atoms. The Hall–Kier alpha value is -4.09. The summed E-state index contributed by atoms with van der Waals surface area (Å²) in [4.78, 5) is 32.3. The first-order chi connectivity index (χ1) is 19.8. The van der Waals surface area contributed by atoms with Gasteiger partial charge in [-0.25, -0.2) is 9.79 Å². The summed E-state index contributed by atoms with van der Waals surface area (Å²) >= 11 is 1.20. The summed E-state index contributed by atoms with van der Waals surface area (Å²) in [5, 5.41) is 9.97. The number of nitrogens with zero attached hydrogens (tertiary/aromatic N) is 2. The predicted molar refractivity (Wildman–Crippen MR) is 155 cm³/mol. The summed E-state index contributed by atoms with van der Waals surface area (Å²) in [6.07, 6.45) is 3.59. The minimum atomic E-state index is -0.823. The molecule has 2 heterocycles. The lowest BCUT2D eigenvalue weighted by Gasteiger charge is -2.25. The molecule has 3 aromatic rings. The Morgan fingerprint density at radius 3 is 2.54 bits per heavy atom. The first-order valence-electron chi connectivity index (χ1n) is 13.2. The Labute approximate surface area is 241 Å². The quantitative estimate of drug-likeness (QED) is 0.255. The van der Waals surface area contributed by atoms with E-state index in [1.54, 1.807) is 44.4 Å². The number of ether oxygens (including phenoxy) is 5. The third-order valence-corrected chi connectivity index (χ3v) is 7.51. The summed E-state index contributed by atoms with van der Waals surface area (Å²) < 4.78 is 29.2. The Morgan fingerprint density at radius 2 is 1.83 bits per heavy atom. The fourth-order valence-electron chi connectivity index (χ4n) is 4.43. The number of aromatic nitrogens is 1. The molecule has 1 unspecified atom stereocenters. The number of hydrogen-bond acceptors (Lipinski definition) is 10. The third-order valence-electron chi connectivity index (χ3n) is 6.52. The van der Waals surface area contributed by atoms with Gasteiger partial charge in [-0.2, -0.15) is 0 Å². The number of benzene rings is 2. The molecule has 1 aliphatic heterocycles. The zero-order chi connectivity index (χ0) is 29.5. The average molecular weight is 583 g/mol. The maximum absolute atomic E-state index is 13.9. The number of thiazole rings is 1. The van der Waals surface area contributed by atoms with E-state index in [2.05, 4.69) is 11.9 Å². The maximum Gasteiger partial charge on any atom is 0.338 e. The molecular weight excluding hydrogens is 548 g/mol. The van der Waals surface area contributed by atoms with Crippen molar-refractivity contribution in [3.8, 4) is 23.0 Å². The second-order valence-corrected chi connectivity index (χ2v) is 10.3. The normalized spacial score (nSPS) is 14.9. The van der Waals surface area contributed by atoms with Crippen molar-refractivity contribution in [3.05, 3.63) is 78.5 Å². The lowest BCUT2D eigenvalue weighted by atomic mass is 9.95. The molecule has 4 rings (SSSR count). The monoisotopic (exact) mass is 582 g/mol. The van der Waals surface area contributed by atoms with Gasteiger partial charge in [0, 0.05) is 7.11 Å². The van der Waals surface area contributed by atoms with Crippen LogP contribution in [0.3, 0.4) is 0 Å². The van der Waals surface area contributed by atoms with Crippen LogP contribution in [0.5, 0.6) is 23.0 Å². The summed E-state index contributed by atoms with van der Waals surface area (Å²) in [7, 11) is 4.52. The molecular formula is C30H34N2O8S. The number of carbonyl (C=O) groups excluding carboxylic acids is 1. The highest BCUT2D eigenvalue weighted by molar-refractivity contribution is 7.07. The van der Waals surface area contributed by atoms with Crippen molar-refractivity contribution < 1.29 is 33.6 Å². The first-order valence-corrected chi connectivity index (χ1v) is 14.0. The summed E-state index contributed by atoms with van der Waals surface area (Å²) in [5.41, 5.74) is 1.65. The molecule has 0 fully saturated rings. The van der Waals surface area contributed by atoms with Crippen LogP contribution >= 0.6 is 11.3 Å². The third kappa shape index (κ3) is 6.47. The number of esters is 1. The zero-order valence-corrected chi connectivity index (χ0v) is 24.6. The lowest BCUT2D eigenvalue weighted by Crippen LogP contribution is -2.40. The minimum Gasteiger partial charge on any atom is -0.504 e. The molecule has 1 N–H and O–H groups in total. The van der Waals surface area contributed by atoms with Crippen molar-refractivity contribution in [2.75, 3.05) is 41.2 Å². The van der Waals surface area contributed by atoms with Crippen LogP contribution in [0.4, 0.5) is 0 Å². The van der Waals surface area contributed by atoms with E-state index in [4.69, 9.17) is 23.7 Å². The van der Waals surface area contributed by atoms with E-state index >= 15 is 0 Å². The molecule has 0 amide bonds. The second kappa shape index (κ2) is 13.5. The van der Waals surface area contributed by atoms with E-state index in [1.165, 1.54) is 36.2 Å². The van der Waals surface area contributed by atoms with E-state index in [9.17, 15) is 14.7 Å². The SMILES string of the molecule is CCCCOc1ccc(C2C(C(=O)OCCOC)=C(C)N=c3sc(=Cc4ccc(O)c(OC)c4)c(=O)n32)cc1OC. The van der Waals surface area contributed by atoms with Gasteiger partial charge in [0.2, 0.25) is 0 Å². The van der Waals surface area contributed by atoms with Gasteiger partial charge in [0.1, 0.15) is 6.61 Å². The van der Waals surface area contributed by atoms with Gasteiger partial charge in [-0.1, -0.05) is 36.8 Å². The molecule has 10 nitrogen and oxygen atoms in total. The molecule has 0 aliphatic carbocycles. The van der Waals surface area contributed by atoms with Gasteiger partial charge in [-0.15, -0.1) is 0 Å². The number of fused-ring (bicyclic) bond motifs is 1. The summed E-state index contributed by atoms with van der Waals surface area (Å²) in [5.74, 6) is 0.749. The molecule has 11 heteroatoms. The van der Waals surface area contributed by atoms with Crippen molar-refractivity contribution in [2.24, 2.45) is 4.99 Å². The molecule has 0 spiro atoms. The fraction of sp³-hybridized carbons (Fsp3) is 0.367. The molecule has 41 heavy (non-hydrogen) atoms. The van der Waals surface area contributed by atoms with Crippen LogP contribution in [0.15, 0.2) is 57.5 Å². The van der Waals surface area contributed by atoms with Crippen molar-refractivity contribution in [2.45, 2.75) is 32.7 Å². The number of allylic oxidation sites excluding steroid dienone is 1. The number of rotatable bonds is 12. The van der Waals surface area contributed by atoms with Gasteiger partial charge in [0.15, 0.2) is 27.8 Å². The number of hydrogen-bond donors (Lipinski definition) is 1. The Kier molecular flexibility index (Phi) is 9.85. The van der Waals surface area contributed by atoms with Crippen LogP contribution in [0, 0.1) is 0 Å². The molecule has 1 aliphatic rings. The van der Waals surface area contributed by atoms with Gasteiger partial charge >= 0.3 is 5.97 Å². The molecule has 0 radical (unpaired) electrons. The molecule has 1 atom stereocenters. The first kappa shape index (κ1) is 29.9. The highest BCUT2D eigenvalue weighted by Gasteiger charge is 2.34. The van der Waals surface area contributed by atoms with Crippen LogP contribution in [-0.2, 0) is 14.3 Å². The average Bonchev–Trinajstić information content (AvgIpc) is 3.27. The van der Waals surface area contributed by atoms with E-state index < -0.39 is 12.0 Å².